The number of benzene rings is 2. The van der Waals surface area contributed by atoms with Crippen LogP contribution in [0.1, 0.15) is 11.5 Å². The molecule has 0 bridgehead atoms. The Bertz CT molecular complexity index is 875. The second-order valence-corrected chi connectivity index (χ2v) is 5.62. The number of nitrogens with zero attached hydrogens (tertiary/aromatic N) is 2. The summed E-state index contributed by atoms with van der Waals surface area (Å²) in [5, 5.41) is 6.60. The van der Waals surface area contributed by atoms with E-state index in [0.717, 1.165) is 11.1 Å². The number of hydrogen-bond acceptors (Lipinski definition) is 6. The van der Waals surface area contributed by atoms with Crippen molar-refractivity contribution in [3.05, 3.63) is 60.0 Å². The van der Waals surface area contributed by atoms with Crippen LogP contribution in [0.4, 0.5) is 0 Å². The van der Waals surface area contributed by atoms with Crippen LogP contribution in [0.3, 0.4) is 0 Å². The molecule has 0 aliphatic heterocycles. The fourth-order valence-corrected chi connectivity index (χ4v) is 2.21. The van der Waals surface area contributed by atoms with Gasteiger partial charge in [-0.15, -0.1) is 0 Å². The molecule has 1 heterocycles. The molecule has 0 radical (unpaired) electrons. The molecule has 0 fully saturated rings. The fourth-order valence-electron chi connectivity index (χ4n) is 2.21. The molecule has 0 spiro atoms. The van der Waals surface area contributed by atoms with E-state index in [-0.39, 0.29) is 19.1 Å². The van der Waals surface area contributed by atoms with Crippen molar-refractivity contribution in [2.45, 2.75) is 13.5 Å². The molecular weight excluding hydrogens is 334 g/mol. The van der Waals surface area contributed by atoms with Gasteiger partial charge < -0.3 is 19.3 Å². The third-order valence-corrected chi connectivity index (χ3v) is 3.63. The Morgan fingerprint density at radius 1 is 1.15 bits per heavy atom. The normalized spacial score (nSPS) is 10.4. The average molecular weight is 353 g/mol. The lowest BCUT2D eigenvalue weighted by Gasteiger charge is -2.07. The highest BCUT2D eigenvalue weighted by molar-refractivity contribution is 5.77. The first kappa shape index (κ1) is 17.5. The summed E-state index contributed by atoms with van der Waals surface area (Å²) in [7, 11) is 1.57. The molecule has 134 valence electrons. The molecule has 26 heavy (non-hydrogen) atoms. The number of hydrogen-bond donors (Lipinski definition) is 1. The second kappa shape index (κ2) is 8.15. The van der Waals surface area contributed by atoms with Gasteiger partial charge >= 0.3 is 0 Å². The van der Waals surface area contributed by atoms with Crippen molar-refractivity contribution in [2.75, 3.05) is 13.7 Å². The molecule has 7 nitrogen and oxygen atoms in total. The Hall–Kier alpha value is -3.35. The Morgan fingerprint density at radius 3 is 2.69 bits per heavy atom. The molecule has 0 aliphatic rings. The van der Waals surface area contributed by atoms with Crippen LogP contribution < -0.4 is 14.8 Å². The number of carbonyl (C=O) groups is 1. The van der Waals surface area contributed by atoms with Gasteiger partial charge in [0.1, 0.15) is 11.5 Å². The van der Waals surface area contributed by atoms with Gasteiger partial charge in [-0.1, -0.05) is 41.1 Å². The van der Waals surface area contributed by atoms with Crippen LogP contribution in [0.5, 0.6) is 11.5 Å². The van der Waals surface area contributed by atoms with Crippen molar-refractivity contribution >= 4 is 5.91 Å². The maximum Gasteiger partial charge on any atom is 0.258 e. The number of rotatable bonds is 7. The second-order valence-electron chi connectivity index (χ2n) is 5.62. The summed E-state index contributed by atoms with van der Waals surface area (Å²) in [4.78, 5) is 16.2. The van der Waals surface area contributed by atoms with Crippen LogP contribution in [0.2, 0.25) is 0 Å². The Balaban J connectivity index is 1.49. The number of ether oxygens (including phenoxy) is 2. The van der Waals surface area contributed by atoms with Crippen LogP contribution in [-0.2, 0) is 11.3 Å². The quantitative estimate of drug-likeness (QED) is 0.703. The molecule has 1 amide bonds. The molecule has 1 N–H and O–H groups in total. The van der Waals surface area contributed by atoms with E-state index in [4.69, 9.17) is 14.0 Å². The van der Waals surface area contributed by atoms with Crippen LogP contribution >= 0.6 is 0 Å². The summed E-state index contributed by atoms with van der Waals surface area (Å²) in [5.41, 5.74) is 2.01. The molecule has 0 aliphatic carbocycles. The van der Waals surface area contributed by atoms with Crippen molar-refractivity contribution in [3.8, 4) is 22.9 Å². The molecule has 0 saturated heterocycles. The zero-order valence-corrected chi connectivity index (χ0v) is 14.6. The van der Waals surface area contributed by atoms with Crippen molar-refractivity contribution in [1.29, 1.82) is 0 Å². The number of aryl methyl sites for hydroxylation is 1. The third-order valence-electron chi connectivity index (χ3n) is 3.63. The summed E-state index contributed by atoms with van der Waals surface area (Å²) in [6, 6.07) is 14.8. The summed E-state index contributed by atoms with van der Waals surface area (Å²) in [6.45, 7) is 2.03. The highest BCUT2D eigenvalue weighted by atomic mass is 16.5. The first-order chi connectivity index (χ1) is 12.6. The van der Waals surface area contributed by atoms with E-state index in [2.05, 4.69) is 15.5 Å². The predicted octanol–water partition coefficient (Wildman–Crippen LogP) is 2.75. The lowest BCUT2D eigenvalue weighted by Crippen LogP contribution is -2.28. The number of aromatic nitrogens is 2. The zero-order chi connectivity index (χ0) is 18.4. The van der Waals surface area contributed by atoms with Gasteiger partial charge in [0.05, 0.1) is 13.7 Å². The number of nitrogens with one attached hydrogen (secondary N) is 1. The molecule has 0 unspecified atom stereocenters. The summed E-state index contributed by atoms with van der Waals surface area (Å²) in [5.74, 6) is 1.75. The van der Waals surface area contributed by atoms with Crippen LogP contribution in [-0.4, -0.2) is 29.8 Å². The number of amides is 1. The van der Waals surface area contributed by atoms with E-state index in [0.29, 0.717) is 23.2 Å². The Labute approximate surface area is 150 Å². The Kier molecular flexibility index (Phi) is 5.48. The molecule has 0 saturated carbocycles. The maximum absolute atomic E-state index is 11.9. The molecule has 0 atom stereocenters. The minimum atomic E-state index is -0.289. The summed E-state index contributed by atoms with van der Waals surface area (Å²) < 4.78 is 15.7. The first-order valence-corrected chi connectivity index (χ1v) is 8.07. The van der Waals surface area contributed by atoms with Gasteiger partial charge in [0.2, 0.25) is 11.7 Å². The molecule has 3 rings (SSSR count). The highest BCUT2D eigenvalue weighted by Crippen LogP contribution is 2.19. The van der Waals surface area contributed by atoms with Gasteiger partial charge in [-0.25, -0.2) is 0 Å². The van der Waals surface area contributed by atoms with Gasteiger partial charge in [0.15, 0.2) is 6.61 Å². The minimum absolute atomic E-state index is 0.119. The van der Waals surface area contributed by atoms with Crippen LogP contribution in [0.25, 0.3) is 11.4 Å². The average Bonchev–Trinajstić information content (AvgIpc) is 3.14. The van der Waals surface area contributed by atoms with E-state index >= 15 is 0 Å². The SMILES string of the molecule is COc1cccc(OCC(=O)NCc2nc(-c3ccc(C)cc3)no2)c1. The van der Waals surface area contributed by atoms with E-state index < -0.39 is 0 Å². The summed E-state index contributed by atoms with van der Waals surface area (Å²) in [6.07, 6.45) is 0. The van der Waals surface area contributed by atoms with E-state index in [1.807, 2.05) is 31.2 Å². The zero-order valence-electron chi connectivity index (χ0n) is 14.6. The molecule has 1 aromatic heterocycles. The van der Waals surface area contributed by atoms with Crippen LogP contribution in [0, 0.1) is 6.92 Å². The van der Waals surface area contributed by atoms with Gasteiger partial charge in [-0.05, 0) is 19.1 Å². The Morgan fingerprint density at radius 2 is 1.92 bits per heavy atom. The van der Waals surface area contributed by atoms with Crippen molar-refractivity contribution in [3.63, 3.8) is 0 Å². The number of carbonyl (C=O) groups excluding carboxylic acids is 1. The van der Waals surface area contributed by atoms with Gasteiger partial charge in [-0.2, -0.15) is 4.98 Å². The van der Waals surface area contributed by atoms with Crippen molar-refractivity contribution in [1.82, 2.24) is 15.5 Å². The predicted molar refractivity (Wildman–Crippen MR) is 94.8 cm³/mol. The van der Waals surface area contributed by atoms with Crippen LogP contribution in [0.15, 0.2) is 53.1 Å². The van der Waals surface area contributed by atoms with Gasteiger partial charge in [0.25, 0.3) is 5.91 Å². The van der Waals surface area contributed by atoms with Crippen molar-refractivity contribution in [2.24, 2.45) is 0 Å². The standard InChI is InChI=1S/C19H19N3O4/c1-13-6-8-14(9-7-13)19-21-18(26-22-19)11-20-17(23)12-25-16-5-3-4-15(10-16)24-2/h3-10H,11-12H2,1-2H3,(H,20,23). The van der Waals surface area contributed by atoms with E-state index in [1.54, 1.807) is 31.4 Å². The largest absolute Gasteiger partial charge is 0.497 e. The lowest BCUT2D eigenvalue weighted by molar-refractivity contribution is -0.123. The third kappa shape index (κ3) is 4.60. The minimum Gasteiger partial charge on any atom is -0.497 e. The van der Waals surface area contributed by atoms with Gasteiger partial charge in [0, 0.05) is 11.6 Å². The van der Waals surface area contributed by atoms with Crippen molar-refractivity contribution < 1.29 is 18.8 Å². The number of methoxy groups -OCH3 is 1. The monoisotopic (exact) mass is 353 g/mol. The van der Waals surface area contributed by atoms with E-state index in [1.165, 1.54) is 0 Å². The first-order valence-electron chi connectivity index (χ1n) is 8.07. The molecule has 7 heteroatoms. The molecular formula is C19H19N3O4. The summed E-state index contributed by atoms with van der Waals surface area (Å²) >= 11 is 0. The topological polar surface area (TPSA) is 86.5 Å². The smallest absolute Gasteiger partial charge is 0.258 e. The lowest BCUT2D eigenvalue weighted by atomic mass is 10.1. The highest BCUT2D eigenvalue weighted by Gasteiger charge is 2.10. The van der Waals surface area contributed by atoms with Gasteiger partial charge in [-0.3, -0.25) is 4.79 Å². The molecule has 2 aromatic carbocycles. The maximum atomic E-state index is 11.9. The fraction of sp³-hybridized carbons (Fsp3) is 0.211. The molecule has 3 aromatic rings. The van der Waals surface area contributed by atoms with E-state index in [9.17, 15) is 4.79 Å².